The summed E-state index contributed by atoms with van der Waals surface area (Å²) < 4.78 is 13.3. The zero-order valence-corrected chi connectivity index (χ0v) is 14.7. The number of rotatable bonds is 5. The molecule has 0 aromatic heterocycles. The summed E-state index contributed by atoms with van der Waals surface area (Å²) in [4.78, 5) is 27.8. The van der Waals surface area contributed by atoms with E-state index in [0.29, 0.717) is 24.4 Å². The van der Waals surface area contributed by atoms with E-state index in [0.717, 1.165) is 44.6 Å². The molecule has 1 aromatic carbocycles. The van der Waals surface area contributed by atoms with Crippen molar-refractivity contribution in [3.63, 3.8) is 0 Å². The van der Waals surface area contributed by atoms with Crippen molar-refractivity contribution in [2.45, 2.75) is 38.6 Å². The Bertz CT molecular complexity index is 650. The Hall–Kier alpha value is -1.95. The maximum absolute atomic E-state index is 13.3. The van der Waals surface area contributed by atoms with Crippen molar-refractivity contribution < 1.29 is 14.0 Å². The molecule has 0 radical (unpaired) electrons. The molecule has 2 aliphatic heterocycles. The van der Waals surface area contributed by atoms with Gasteiger partial charge in [-0.3, -0.25) is 14.5 Å². The van der Waals surface area contributed by atoms with Crippen molar-refractivity contribution in [2.24, 2.45) is 11.7 Å². The third-order valence-corrected chi connectivity index (χ3v) is 5.51. The van der Waals surface area contributed by atoms with Crippen LogP contribution in [-0.4, -0.2) is 53.8 Å². The number of likely N-dealkylation sites (tertiary alicyclic amines) is 2. The summed E-state index contributed by atoms with van der Waals surface area (Å²) in [6.07, 6.45) is 2.75. The lowest BCUT2D eigenvalue weighted by Crippen LogP contribution is -2.62. The van der Waals surface area contributed by atoms with E-state index in [1.54, 1.807) is 13.0 Å². The zero-order chi connectivity index (χ0) is 18.0. The average Bonchev–Trinajstić information content (AvgIpc) is 2.55. The van der Waals surface area contributed by atoms with Crippen molar-refractivity contribution in [1.82, 2.24) is 9.80 Å². The standard InChI is InChI=1S/C19H26FN3O2/c1-13-10-14(2-4-17(13)20)3-5-18(24)23-11-16(12-23)22-8-6-15(7-9-22)19(21)25/h2,4,10,15-16H,3,5-9,11-12H2,1H3,(H2,21,25). The quantitative estimate of drug-likeness (QED) is 0.877. The predicted octanol–water partition coefficient (Wildman–Crippen LogP) is 1.47. The highest BCUT2D eigenvalue weighted by atomic mass is 19.1. The summed E-state index contributed by atoms with van der Waals surface area (Å²) in [5.74, 6) is -0.236. The molecule has 0 aliphatic carbocycles. The number of carbonyl (C=O) groups excluding carboxylic acids is 2. The summed E-state index contributed by atoms with van der Waals surface area (Å²) in [7, 11) is 0. The van der Waals surface area contributed by atoms with Crippen LogP contribution < -0.4 is 5.73 Å². The van der Waals surface area contributed by atoms with E-state index in [4.69, 9.17) is 5.73 Å². The van der Waals surface area contributed by atoms with E-state index in [2.05, 4.69) is 4.90 Å². The van der Waals surface area contributed by atoms with Crippen LogP contribution in [0.15, 0.2) is 18.2 Å². The topological polar surface area (TPSA) is 66.6 Å². The number of halogens is 1. The van der Waals surface area contributed by atoms with Gasteiger partial charge in [-0.1, -0.05) is 12.1 Å². The van der Waals surface area contributed by atoms with E-state index in [-0.39, 0.29) is 23.5 Å². The molecule has 136 valence electrons. The van der Waals surface area contributed by atoms with E-state index in [9.17, 15) is 14.0 Å². The number of primary amides is 1. The van der Waals surface area contributed by atoms with Gasteiger partial charge in [0.2, 0.25) is 11.8 Å². The molecule has 0 bridgehead atoms. The van der Waals surface area contributed by atoms with Gasteiger partial charge in [-0.25, -0.2) is 4.39 Å². The van der Waals surface area contributed by atoms with Gasteiger partial charge in [0, 0.05) is 31.5 Å². The van der Waals surface area contributed by atoms with Gasteiger partial charge in [-0.2, -0.15) is 0 Å². The molecule has 25 heavy (non-hydrogen) atoms. The smallest absolute Gasteiger partial charge is 0.223 e. The molecular weight excluding hydrogens is 321 g/mol. The van der Waals surface area contributed by atoms with Crippen LogP contribution in [0.4, 0.5) is 4.39 Å². The van der Waals surface area contributed by atoms with E-state index < -0.39 is 0 Å². The Kier molecular flexibility index (Phi) is 5.37. The largest absolute Gasteiger partial charge is 0.369 e. The number of hydrogen-bond donors (Lipinski definition) is 1. The number of carbonyl (C=O) groups is 2. The predicted molar refractivity (Wildman–Crippen MR) is 93.3 cm³/mol. The molecule has 5 nitrogen and oxygen atoms in total. The first-order valence-corrected chi connectivity index (χ1v) is 9.00. The van der Waals surface area contributed by atoms with Gasteiger partial charge in [0.1, 0.15) is 5.82 Å². The number of hydrogen-bond acceptors (Lipinski definition) is 3. The van der Waals surface area contributed by atoms with Gasteiger partial charge in [-0.05, 0) is 56.5 Å². The van der Waals surface area contributed by atoms with E-state index in [1.165, 1.54) is 6.07 Å². The maximum Gasteiger partial charge on any atom is 0.223 e. The Morgan fingerprint density at radius 2 is 1.92 bits per heavy atom. The van der Waals surface area contributed by atoms with Crippen molar-refractivity contribution >= 4 is 11.8 Å². The average molecular weight is 347 g/mol. The lowest BCUT2D eigenvalue weighted by atomic mass is 9.93. The number of nitrogens with two attached hydrogens (primary N) is 1. The number of nitrogens with zero attached hydrogens (tertiary/aromatic N) is 2. The highest BCUT2D eigenvalue weighted by molar-refractivity contribution is 5.77. The molecule has 2 N–H and O–H groups in total. The van der Waals surface area contributed by atoms with Gasteiger partial charge < -0.3 is 10.6 Å². The van der Waals surface area contributed by atoms with Crippen LogP contribution in [0.5, 0.6) is 0 Å². The fraction of sp³-hybridized carbons (Fsp3) is 0.579. The first-order valence-electron chi connectivity index (χ1n) is 9.00. The molecule has 3 rings (SSSR count). The van der Waals surface area contributed by atoms with Gasteiger partial charge in [0.15, 0.2) is 0 Å². The van der Waals surface area contributed by atoms with Gasteiger partial charge in [-0.15, -0.1) is 0 Å². The van der Waals surface area contributed by atoms with Crippen LogP contribution in [0.1, 0.15) is 30.4 Å². The van der Waals surface area contributed by atoms with Crippen LogP contribution in [0, 0.1) is 18.7 Å². The zero-order valence-electron chi connectivity index (χ0n) is 14.7. The molecule has 2 aliphatic rings. The Balaban J connectivity index is 1.40. The summed E-state index contributed by atoms with van der Waals surface area (Å²) in [5.41, 5.74) is 6.98. The van der Waals surface area contributed by atoms with Gasteiger partial charge >= 0.3 is 0 Å². The number of aryl methyl sites for hydroxylation is 2. The summed E-state index contributed by atoms with van der Waals surface area (Å²) >= 11 is 0. The van der Waals surface area contributed by atoms with Crippen LogP contribution in [0.2, 0.25) is 0 Å². The first kappa shape index (κ1) is 17.9. The Morgan fingerprint density at radius 1 is 1.24 bits per heavy atom. The molecule has 0 unspecified atom stereocenters. The molecule has 6 heteroatoms. The molecule has 0 spiro atoms. The van der Waals surface area contributed by atoms with Crippen molar-refractivity contribution in [1.29, 1.82) is 0 Å². The molecule has 2 heterocycles. The van der Waals surface area contributed by atoms with Gasteiger partial charge in [0.05, 0.1) is 0 Å². The van der Waals surface area contributed by atoms with Crippen LogP contribution >= 0.6 is 0 Å². The third-order valence-electron chi connectivity index (χ3n) is 5.51. The molecule has 1 aromatic rings. The number of amides is 2. The van der Waals surface area contributed by atoms with Crippen LogP contribution in [-0.2, 0) is 16.0 Å². The maximum atomic E-state index is 13.3. The Morgan fingerprint density at radius 3 is 2.52 bits per heavy atom. The first-order chi connectivity index (χ1) is 11.9. The van der Waals surface area contributed by atoms with Crippen molar-refractivity contribution in [2.75, 3.05) is 26.2 Å². The highest BCUT2D eigenvalue weighted by Crippen LogP contribution is 2.23. The summed E-state index contributed by atoms with van der Waals surface area (Å²) in [5, 5.41) is 0. The molecule has 2 fully saturated rings. The summed E-state index contributed by atoms with van der Waals surface area (Å²) in [6, 6.07) is 5.43. The minimum atomic E-state index is -0.208. The third kappa shape index (κ3) is 4.18. The molecule has 0 atom stereocenters. The second-order valence-corrected chi connectivity index (χ2v) is 7.25. The lowest BCUT2D eigenvalue weighted by Gasteiger charge is -2.47. The second-order valence-electron chi connectivity index (χ2n) is 7.25. The SMILES string of the molecule is Cc1cc(CCC(=O)N2CC(N3CCC(C(N)=O)CC3)C2)ccc1F. The molecule has 2 saturated heterocycles. The fourth-order valence-electron chi connectivity index (χ4n) is 3.71. The lowest BCUT2D eigenvalue weighted by molar-refractivity contribution is -0.139. The van der Waals surface area contributed by atoms with Crippen molar-refractivity contribution in [3.05, 3.63) is 35.1 Å². The van der Waals surface area contributed by atoms with Crippen molar-refractivity contribution in [3.8, 4) is 0 Å². The molecule has 2 amide bonds. The molecule has 0 saturated carbocycles. The summed E-state index contributed by atoms with van der Waals surface area (Å²) in [6.45, 7) is 5.04. The minimum Gasteiger partial charge on any atom is -0.369 e. The number of benzene rings is 1. The highest BCUT2D eigenvalue weighted by Gasteiger charge is 2.36. The normalized spacial score (nSPS) is 19.7. The van der Waals surface area contributed by atoms with E-state index >= 15 is 0 Å². The molecular formula is C19H26FN3O2. The monoisotopic (exact) mass is 347 g/mol. The number of piperidine rings is 1. The van der Waals surface area contributed by atoms with Gasteiger partial charge in [0.25, 0.3) is 0 Å². The second kappa shape index (κ2) is 7.52. The fourth-order valence-corrected chi connectivity index (χ4v) is 3.71. The van der Waals surface area contributed by atoms with Crippen LogP contribution in [0.25, 0.3) is 0 Å². The van der Waals surface area contributed by atoms with Crippen LogP contribution in [0.3, 0.4) is 0 Å². The Labute approximate surface area is 148 Å². The minimum absolute atomic E-state index is 0.00762. The van der Waals surface area contributed by atoms with E-state index in [1.807, 2.05) is 11.0 Å².